The topological polar surface area (TPSA) is 38.6 Å². The molecule has 1 aromatic heterocycles. The van der Waals surface area contributed by atoms with Crippen molar-refractivity contribution in [1.29, 1.82) is 0 Å². The summed E-state index contributed by atoms with van der Waals surface area (Å²) in [5, 5.41) is 5.36. The zero-order valence-electron chi connectivity index (χ0n) is 15.0. The highest BCUT2D eigenvalue weighted by atomic mass is 35.5. The van der Waals surface area contributed by atoms with E-state index < -0.39 is 0 Å². The highest BCUT2D eigenvalue weighted by molar-refractivity contribution is 7.71. The normalized spacial score (nSPS) is 15.2. The summed E-state index contributed by atoms with van der Waals surface area (Å²) in [6.07, 6.45) is 0.662. The van der Waals surface area contributed by atoms with Gasteiger partial charge >= 0.3 is 0 Å². The molecule has 0 bridgehead atoms. The Hall–Kier alpha value is -2.15. The Labute approximate surface area is 168 Å². The largest absolute Gasteiger partial charge is 0.413 e. The number of hydrogen-bond acceptors (Lipinski definition) is 4. The number of halogens is 1. The Morgan fingerprint density at radius 2 is 1.85 bits per heavy atom. The Morgan fingerprint density at radius 1 is 1.07 bits per heavy atom. The van der Waals surface area contributed by atoms with Gasteiger partial charge in [0.2, 0.25) is 5.89 Å². The maximum absolute atomic E-state index is 6.11. The van der Waals surface area contributed by atoms with Gasteiger partial charge in [-0.2, -0.15) is 4.68 Å². The van der Waals surface area contributed by atoms with Gasteiger partial charge in [-0.1, -0.05) is 48.0 Å². The molecule has 7 heteroatoms. The summed E-state index contributed by atoms with van der Waals surface area (Å²) in [5.41, 5.74) is 2.35. The highest BCUT2D eigenvalue weighted by Crippen LogP contribution is 2.19. The van der Waals surface area contributed by atoms with Gasteiger partial charge in [-0.25, -0.2) is 0 Å². The summed E-state index contributed by atoms with van der Waals surface area (Å²) in [6.45, 7) is 4.75. The molecule has 0 aliphatic carbocycles. The second-order valence-electron chi connectivity index (χ2n) is 6.80. The third-order valence-corrected chi connectivity index (χ3v) is 5.39. The van der Waals surface area contributed by atoms with Gasteiger partial charge < -0.3 is 14.2 Å². The van der Waals surface area contributed by atoms with E-state index in [2.05, 4.69) is 28.2 Å². The van der Waals surface area contributed by atoms with Crippen LogP contribution < -0.4 is 9.80 Å². The quantitative estimate of drug-likeness (QED) is 0.667. The van der Waals surface area contributed by atoms with Crippen LogP contribution in [0.1, 0.15) is 11.5 Å². The fourth-order valence-electron chi connectivity index (χ4n) is 3.42. The van der Waals surface area contributed by atoms with Gasteiger partial charge in [0.25, 0.3) is 4.84 Å². The second kappa shape index (κ2) is 8.25. The zero-order chi connectivity index (χ0) is 18.6. The third kappa shape index (κ3) is 4.58. The van der Waals surface area contributed by atoms with E-state index in [1.54, 1.807) is 0 Å². The molecule has 0 spiro atoms. The molecule has 2 heterocycles. The molecular formula is C20H22ClN4OS+. The fraction of sp³-hybridized carbons (Fsp3) is 0.300. The number of nitrogens with zero attached hydrogens (tertiary/aromatic N) is 3. The molecule has 5 nitrogen and oxygen atoms in total. The lowest BCUT2D eigenvalue weighted by Crippen LogP contribution is -3.14. The minimum Gasteiger partial charge on any atom is -0.413 e. The van der Waals surface area contributed by atoms with E-state index in [0.29, 0.717) is 17.1 Å². The third-order valence-electron chi connectivity index (χ3n) is 4.86. The van der Waals surface area contributed by atoms with Crippen LogP contribution in [0.4, 0.5) is 5.69 Å². The van der Waals surface area contributed by atoms with Crippen molar-refractivity contribution in [1.82, 2.24) is 9.78 Å². The van der Waals surface area contributed by atoms with Crippen molar-refractivity contribution in [3.63, 3.8) is 0 Å². The van der Waals surface area contributed by atoms with Crippen LogP contribution in [0.2, 0.25) is 5.02 Å². The maximum atomic E-state index is 6.11. The number of quaternary nitrogens is 1. The first-order valence-corrected chi connectivity index (χ1v) is 9.91. The predicted molar refractivity (Wildman–Crippen MR) is 109 cm³/mol. The number of hydrogen-bond donors (Lipinski definition) is 1. The van der Waals surface area contributed by atoms with Crippen LogP contribution in [-0.4, -0.2) is 36.0 Å². The molecule has 27 heavy (non-hydrogen) atoms. The molecule has 0 saturated carbocycles. The lowest BCUT2D eigenvalue weighted by Gasteiger charge is -2.33. The maximum Gasteiger partial charge on any atom is 0.291 e. The summed E-state index contributed by atoms with van der Waals surface area (Å²) in [4.78, 5) is 4.27. The smallest absolute Gasteiger partial charge is 0.291 e. The first-order valence-electron chi connectivity index (χ1n) is 9.12. The van der Waals surface area contributed by atoms with E-state index in [-0.39, 0.29) is 0 Å². The molecule has 4 rings (SSSR count). The van der Waals surface area contributed by atoms with E-state index in [1.807, 2.05) is 41.1 Å². The molecule has 3 aromatic rings. The van der Waals surface area contributed by atoms with Crippen LogP contribution in [0, 0.1) is 4.84 Å². The van der Waals surface area contributed by atoms with Crippen molar-refractivity contribution in [3.8, 4) is 0 Å². The summed E-state index contributed by atoms with van der Waals surface area (Å²) in [6, 6.07) is 18.2. The second-order valence-corrected chi connectivity index (χ2v) is 7.58. The minimum absolute atomic E-state index is 0.450. The van der Waals surface area contributed by atoms with Gasteiger partial charge in [0.05, 0.1) is 32.6 Å². The first-order chi connectivity index (χ1) is 13.2. The van der Waals surface area contributed by atoms with Crippen LogP contribution >= 0.6 is 23.8 Å². The van der Waals surface area contributed by atoms with Gasteiger partial charge in [0.15, 0.2) is 6.67 Å². The molecule has 0 atom stereocenters. The SMILES string of the molecule is S=c1oc(Cc2ccccc2)nn1C[NH+]1CCN(c2cccc(Cl)c2)CC1. The highest BCUT2D eigenvalue weighted by Gasteiger charge is 2.21. The van der Waals surface area contributed by atoms with Crippen molar-refractivity contribution >= 4 is 29.5 Å². The Bertz CT molecular complexity index is 948. The lowest BCUT2D eigenvalue weighted by molar-refractivity contribution is -0.924. The summed E-state index contributed by atoms with van der Waals surface area (Å²) >= 11 is 11.5. The minimum atomic E-state index is 0.450. The molecular weight excluding hydrogens is 380 g/mol. The zero-order valence-corrected chi connectivity index (χ0v) is 16.5. The number of nitrogens with one attached hydrogen (secondary N) is 1. The molecule has 1 N–H and O–H groups in total. The summed E-state index contributed by atoms with van der Waals surface area (Å²) in [7, 11) is 0. The standard InChI is InChI=1S/C20H21ClN4OS/c21-17-7-4-8-18(14-17)24-11-9-23(10-12-24)15-25-20(27)26-19(22-25)13-16-5-2-1-3-6-16/h1-8,14H,9-13,15H2/p+1. The molecule has 140 valence electrons. The Morgan fingerprint density at radius 3 is 2.59 bits per heavy atom. The molecule has 1 aliphatic rings. The summed E-state index contributed by atoms with van der Waals surface area (Å²) in [5.74, 6) is 0.670. The van der Waals surface area contributed by atoms with Gasteiger partial charge in [-0.3, -0.25) is 0 Å². The van der Waals surface area contributed by atoms with Crippen LogP contribution in [0.15, 0.2) is 59.0 Å². The number of aromatic nitrogens is 2. The Balaban J connectivity index is 1.36. The molecule has 1 aliphatic heterocycles. The average molecular weight is 402 g/mol. The number of anilines is 1. The van der Waals surface area contributed by atoms with Crippen molar-refractivity contribution in [2.45, 2.75) is 13.1 Å². The molecule has 0 radical (unpaired) electrons. The van der Waals surface area contributed by atoms with Crippen molar-refractivity contribution in [2.75, 3.05) is 31.1 Å². The van der Waals surface area contributed by atoms with E-state index in [0.717, 1.165) is 37.9 Å². The van der Waals surface area contributed by atoms with Crippen molar-refractivity contribution in [2.24, 2.45) is 0 Å². The number of benzene rings is 2. The fourth-order valence-corrected chi connectivity index (χ4v) is 3.80. The van der Waals surface area contributed by atoms with Crippen molar-refractivity contribution < 1.29 is 9.32 Å². The van der Waals surface area contributed by atoms with Gasteiger partial charge in [0, 0.05) is 10.7 Å². The summed E-state index contributed by atoms with van der Waals surface area (Å²) < 4.78 is 7.51. The van der Waals surface area contributed by atoms with E-state index in [4.69, 9.17) is 28.2 Å². The molecule has 1 saturated heterocycles. The molecule has 0 unspecified atom stereocenters. The van der Waals surface area contributed by atoms with Crippen molar-refractivity contribution in [3.05, 3.63) is 75.9 Å². The molecule has 1 fully saturated rings. The molecule has 2 aromatic carbocycles. The lowest BCUT2D eigenvalue weighted by atomic mass is 10.2. The van der Waals surface area contributed by atoms with Gasteiger partial charge in [0.1, 0.15) is 0 Å². The van der Waals surface area contributed by atoms with Gasteiger partial charge in [-0.15, -0.1) is 5.10 Å². The first kappa shape index (κ1) is 18.2. The van der Waals surface area contributed by atoms with Crippen LogP contribution in [-0.2, 0) is 13.1 Å². The van der Waals surface area contributed by atoms with E-state index in [9.17, 15) is 0 Å². The van der Waals surface area contributed by atoms with Crippen LogP contribution in [0.5, 0.6) is 0 Å². The number of rotatable bonds is 5. The monoisotopic (exact) mass is 401 g/mol. The van der Waals surface area contributed by atoms with Gasteiger partial charge in [-0.05, 0) is 36.0 Å². The van der Waals surface area contributed by atoms with E-state index >= 15 is 0 Å². The molecule has 0 amide bonds. The van der Waals surface area contributed by atoms with Crippen LogP contribution in [0.3, 0.4) is 0 Å². The van der Waals surface area contributed by atoms with E-state index in [1.165, 1.54) is 16.2 Å². The average Bonchev–Trinajstić information content (AvgIpc) is 3.02. The number of piperazine rings is 1. The Kier molecular flexibility index (Phi) is 5.57. The predicted octanol–water partition coefficient (Wildman–Crippen LogP) is 2.81. The van der Waals surface area contributed by atoms with Crippen LogP contribution in [0.25, 0.3) is 0 Å².